The highest BCUT2D eigenvalue weighted by atomic mass is 16.5. The van der Waals surface area contributed by atoms with E-state index in [0.717, 1.165) is 29.7 Å². The van der Waals surface area contributed by atoms with E-state index in [1.165, 1.54) is 0 Å². The SMILES string of the molecule is CCC(C)(C)C1CCC2(CC1)NC(=O)N(CC(=O)OCCc1ccccc1)C2=O. The van der Waals surface area contributed by atoms with E-state index in [1.807, 2.05) is 30.3 Å². The first-order valence-corrected chi connectivity index (χ1v) is 10.6. The van der Waals surface area contributed by atoms with Crippen molar-refractivity contribution in [3.63, 3.8) is 0 Å². The molecule has 3 rings (SSSR count). The first-order chi connectivity index (χ1) is 13.8. The lowest BCUT2D eigenvalue weighted by Crippen LogP contribution is -2.51. The van der Waals surface area contributed by atoms with Crippen LogP contribution in [-0.4, -0.2) is 41.5 Å². The van der Waals surface area contributed by atoms with Gasteiger partial charge in [0.2, 0.25) is 0 Å². The van der Waals surface area contributed by atoms with E-state index in [4.69, 9.17) is 4.74 Å². The van der Waals surface area contributed by atoms with Gasteiger partial charge in [-0.25, -0.2) is 4.79 Å². The lowest BCUT2D eigenvalue weighted by atomic mass is 9.65. The van der Waals surface area contributed by atoms with Gasteiger partial charge in [-0.05, 0) is 42.6 Å². The Hall–Kier alpha value is -2.37. The number of esters is 1. The third kappa shape index (κ3) is 4.62. The number of ether oxygens (including phenoxy) is 1. The van der Waals surface area contributed by atoms with E-state index >= 15 is 0 Å². The molecule has 3 amide bonds. The van der Waals surface area contributed by atoms with Gasteiger partial charge in [-0.2, -0.15) is 0 Å². The van der Waals surface area contributed by atoms with Crippen LogP contribution in [0.25, 0.3) is 0 Å². The molecule has 6 heteroatoms. The number of hydrogen-bond acceptors (Lipinski definition) is 4. The van der Waals surface area contributed by atoms with Gasteiger partial charge in [0.15, 0.2) is 0 Å². The molecule has 1 saturated carbocycles. The summed E-state index contributed by atoms with van der Waals surface area (Å²) in [6.45, 7) is 6.62. The number of hydrogen-bond donors (Lipinski definition) is 1. The predicted molar refractivity (Wildman–Crippen MR) is 110 cm³/mol. The van der Waals surface area contributed by atoms with Crippen LogP contribution in [0.1, 0.15) is 58.4 Å². The highest BCUT2D eigenvalue weighted by Gasteiger charge is 2.53. The number of nitrogens with one attached hydrogen (secondary N) is 1. The molecule has 1 N–H and O–H groups in total. The van der Waals surface area contributed by atoms with Gasteiger partial charge in [-0.3, -0.25) is 14.5 Å². The maximum absolute atomic E-state index is 13.0. The molecule has 1 aliphatic heterocycles. The molecular formula is C23H32N2O4. The molecule has 0 aromatic heterocycles. The minimum atomic E-state index is -0.846. The van der Waals surface area contributed by atoms with Gasteiger partial charge in [0.1, 0.15) is 12.1 Å². The van der Waals surface area contributed by atoms with Gasteiger partial charge in [0.25, 0.3) is 5.91 Å². The van der Waals surface area contributed by atoms with Crippen LogP contribution in [0.4, 0.5) is 4.79 Å². The topological polar surface area (TPSA) is 75.7 Å². The molecule has 0 unspecified atom stereocenters. The van der Waals surface area contributed by atoms with Crippen LogP contribution < -0.4 is 5.32 Å². The van der Waals surface area contributed by atoms with E-state index in [0.29, 0.717) is 25.2 Å². The lowest BCUT2D eigenvalue weighted by Gasteiger charge is -2.42. The van der Waals surface area contributed by atoms with E-state index in [9.17, 15) is 14.4 Å². The summed E-state index contributed by atoms with van der Waals surface area (Å²) < 4.78 is 5.24. The number of carbonyl (C=O) groups is 3. The number of amides is 3. The van der Waals surface area contributed by atoms with Crippen molar-refractivity contribution in [3.8, 4) is 0 Å². The predicted octanol–water partition coefficient (Wildman–Crippen LogP) is 3.69. The summed E-state index contributed by atoms with van der Waals surface area (Å²) in [6.07, 6.45) is 4.76. The molecule has 1 aromatic rings. The van der Waals surface area contributed by atoms with Gasteiger partial charge in [0, 0.05) is 6.42 Å². The number of rotatable bonds is 7. The maximum Gasteiger partial charge on any atom is 0.326 e. The fraction of sp³-hybridized carbons (Fsp3) is 0.609. The molecule has 1 spiro atoms. The number of benzene rings is 1. The number of nitrogens with zero attached hydrogens (tertiary/aromatic N) is 1. The summed E-state index contributed by atoms with van der Waals surface area (Å²) in [5, 5.41) is 2.88. The van der Waals surface area contributed by atoms with Gasteiger partial charge < -0.3 is 10.1 Å². The van der Waals surface area contributed by atoms with Crippen LogP contribution in [-0.2, 0) is 20.7 Å². The smallest absolute Gasteiger partial charge is 0.326 e. The van der Waals surface area contributed by atoms with Crippen LogP contribution in [0.2, 0.25) is 0 Å². The molecule has 158 valence electrons. The molecule has 0 radical (unpaired) electrons. The van der Waals surface area contributed by atoms with Crippen molar-refractivity contribution >= 4 is 17.9 Å². The highest BCUT2D eigenvalue weighted by molar-refractivity contribution is 6.08. The third-order valence-electron chi connectivity index (χ3n) is 6.89. The molecule has 2 fully saturated rings. The van der Waals surface area contributed by atoms with Gasteiger partial charge in [0.05, 0.1) is 6.61 Å². The Morgan fingerprint density at radius 3 is 2.48 bits per heavy atom. The van der Waals surface area contributed by atoms with E-state index in [-0.39, 0.29) is 24.5 Å². The minimum absolute atomic E-state index is 0.228. The van der Waals surface area contributed by atoms with Crippen LogP contribution in [0.15, 0.2) is 30.3 Å². The second-order valence-corrected chi connectivity index (χ2v) is 8.98. The van der Waals surface area contributed by atoms with Crippen molar-refractivity contribution in [1.82, 2.24) is 10.2 Å². The van der Waals surface area contributed by atoms with Crippen LogP contribution in [0, 0.1) is 11.3 Å². The first-order valence-electron chi connectivity index (χ1n) is 10.6. The Balaban J connectivity index is 1.52. The number of imide groups is 1. The summed E-state index contributed by atoms with van der Waals surface area (Å²) in [7, 11) is 0. The van der Waals surface area contributed by atoms with Crippen molar-refractivity contribution < 1.29 is 19.1 Å². The van der Waals surface area contributed by atoms with Crippen molar-refractivity contribution in [2.24, 2.45) is 11.3 Å². The Morgan fingerprint density at radius 2 is 1.86 bits per heavy atom. The quantitative estimate of drug-likeness (QED) is 0.559. The Morgan fingerprint density at radius 1 is 1.21 bits per heavy atom. The fourth-order valence-electron chi connectivity index (χ4n) is 4.44. The molecule has 2 aliphatic rings. The highest BCUT2D eigenvalue weighted by Crippen LogP contribution is 2.45. The molecule has 1 aromatic carbocycles. The monoisotopic (exact) mass is 400 g/mol. The van der Waals surface area contributed by atoms with Crippen LogP contribution in [0.3, 0.4) is 0 Å². The van der Waals surface area contributed by atoms with Crippen molar-refractivity contribution in [2.75, 3.05) is 13.2 Å². The zero-order valence-electron chi connectivity index (χ0n) is 17.7. The van der Waals surface area contributed by atoms with Gasteiger partial charge in [-0.15, -0.1) is 0 Å². The second kappa shape index (κ2) is 8.56. The zero-order chi connectivity index (χ0) is 21.1. The molecule has 1 saturated heterocycles. The van der Waals surface area contributed by atoms with Crippen LogP contribution in [0.5, 0.6) is 0 Å². The summed E-state index contributed by atoms with van der Waals surface area (Å²) in [6, 6.07) is 9.24. The van der Waals surface area contributed by atoms with Crippen molar-refractivity contribution in [2.45, 2.75) is 64.8 Å². The Bertz CT molecular complexity index is 751. The second-order valence-electron chi connectivity index (χ2n) is 8.98. The number of carbonyl (C=O) groups excluding carboxylic acids is 3. The lowest BCUT2D eigenvalue weighted by molar-refractivity contribution is -0.148. The molecule has 6 nitrogen and oxygen atoms in total. The Labute approximate surface area is 173 Å². The van der Waals surface area contributed by atoms with Crippen LogP contribution >= 0.6 is 0 Å². The third-order valence-corrected chi connectivity index (χ3v) is 6.89. The van der Waals surface area contributed by atoms with E-state index in [1.54, 1.807) is 0 Å². The summed E-state index contributed by atoms with van der Waals surface area (Å²) in [5.41, 5.74) is 0.457. The van der Waals surface area contributed by atoms with E-state index in [2.05, 4.69) is 26.1 Å². The van der Waals surface area contributed by atoms with Crippen molar-refractivity contribution in [3.05, 3.63) is 35.9 Å². The normalized spacial score (nSPS) is 24.7. The molecular weight excluding hydrogens is 368 g/mol. The largest absolute Gasteiger partial charge is 0.464 e. The van der Waals surface area contributed by atoms with Gasteiger partial charge in [-0.1, -0.05) is 57.5 Å². The molecule has 0 atom stereocenters. The van der Waals surface area contributed by atoms with Gasteiger partial charge >= 0.3 is 12.0 Å². The van der Waals surface area contributed by atoms with E-state index < -0.39 is 17.5 Å². The first kappa shape index (κ1) is 21.3. The molecule has 29 heavy (non-hydrogen) atoms. The molecule has 1 aliphatic carbocycles. The molecule has 0 bridgehead atoms. The summed E-state index contributed by atoms with van der Waals surface area (Å²) >= 11 is 0. The average molecular weight is 401 g/mol. The maximum atomic E-state index is 13.0. The minimum Gasteiger partial charge on any atom is -0.464 e. The summed E-state index contributed by atoms with van der Waals surface area (Å²) in [4.78, 5) is 38.6. The molecule has 1 heterocycles. The summed E-state index contributed by atoms with van der Waals surface area (Å²) in [5.74, 6) is -0.294. The number of urea groups is 1. The average Bonchev–Trinajstić information content (AvgIpc) is 2.93. The fourth-order valence-corrected chi connectivity index (χ4v) is 4.44. The van der Waals surface area contributed by atoms with Crippen molar-refractivity contribution in [1.29, 1.82) is 0 Å². The zero-order valence-corrected chi connectivity index (χ0v) is 17.7. The Kier molecular flexibility index (Phi) is 6.30. The standard InChI is InChI=1S/C23H32N2O4/c1-4-22(2,3)18-10-13-23(14-11-18)20(27)25(21(28)24-23)16-19(26)29-15-12-17-8-6-5-7-9-17/h5-9,18H,4,10-16H2,1-3H3,(H,24,28).